The number of carbonyl (C=O) groups is 2. The maximum Gasteiger partial charge on any atom is 0.352 e. The summed E-state index contributed by atoms with van der Waals surface area (Å²) in [6, 6.07) is 1.12. The van der Waals surface area contributed by atoms with Crippen LogP contribution in [0.3, 0.4) is 0 Å². The third-order valence-electron chi connectivity index (χ3n) is 2.24. The molecule has 0 aromatic heterocycles. The van der Waals surface area contributed by atoms with Crippen LogP contribution in [0.4, 0.5) is 18.9 Å². The van der Waals surface area contributed by atoms with Gasteiger partial charge in [0.1, 0.15) is 0 Å². The molecule has 2 rings (SSSR count). The monoisotopic (exact) mass is 258 g/mol. The third kappa shape index (κ3) is 1.92. The van der Waals surface area contributed by atoms with Gasteiger partial charge in [-0.1, -0.05) is 0 Å². The summed E-state index contributed by atoms with van der Waals surface area (Å²) in [5.74, 6) is -6.83. The lowest BCUT2D eigenvalue weighted by Crippen LogP contribution is -2.20. The lowest BCUT2D eigenvalue weighted by Gasteiger charge is -2.11. The first-order chi connectivity index (χ1) is 8.40. The van der Waals surface area contributed by atoms with Crippen molar-refractivity contribution in [3.8, 4) is 0 Å². The number of anilines is 1. The largest absolute Gasteiger partial charge is 0.477 e. The molecular formula is C10H5F3N2O3. The maximum atomic E-state index is 13.0. The number of hydrogen-bond donors (Lipinski definition) is 1. The molecule has 1 aliphatic rings. The van der Waals surface area contributed by atoms with Gasteiger partial charge in [-0.25, -0.2) is 18.0 Å². The van der Waals surface area contributed by atoms with Gasteiger partial charge >= 0.3 is 5.97 Å². The second kappa shape index (κ2) is 4.13. The standard InChI is InChI=1S/C10H5F3N2O3/c11-5-1-4(2-6(12)9(5)13)15-8(16)3-7(14-15)10(17)18/h1-2H,3H2,(H,17,18). The van der Waals surface area contributed by atoms with Crippen LogP contribution in [0.1, 0.15) is 6.42 Å². The van der Waals surface area contributed by atoms with E-state index in [1.165, 1.54) is 0 Å². The minimum absolute atomic E-state index is 0.368. The van der Waals surface area contributed by atoms with E-state index in [2.05, 4.69) is 5.10 Å². The fourth-order valence-electron chi connectivity index (χ4n) is 1.41. The van der Waals surface area contributed by atoms with Gasteiger partial charge in [-0.3, -0.25) is 4.79 Å². The molecule has 18 heavy (non-hydrogen) atoms. The van der Waals surface area contributed by atoms with Crippen LogP contribution in [0.15, 0.2) is 17.2 Å². The molecule has 0 unspecified atom stereocenters. The molecule has 1 aromatic carbocycles. The van der Waals surface area contributed by atoms with E-state index in [0.29, 0.717) is 17.1 Å². The highest BCUT2D eigenvalue weighted by molar-refractivity contribution is 6.42. The van der Waals surface area contributed by atoms with Crippen molar-refractivity contribution < 1.29 is 27.9 Å². The highest BCUT2D eigenvalue weighted by Crippen LogP contribution is 2.24. The van der Waals surface area contributed by atoms with Crippen LogP contribution in [0.5, 0.6) is 0 Å². The molecule has 0 saturated heterocycles. The molecule has 0 bridgehead atoms. The summed E-state index contributed by atoms with van der Waals surface area (Å²) < 4.78 is 38.6. The minimum Gasteiger partial charge on any atom is -0.477 e. The minimum atomic E-state index is -1.67. The predicted molar refractivity (Wildman–Crippen MR) is 53.5 cm³/mol. The van der Waals surface area contributed by atoms with Gasteiger partial charge in [0.05, 0.1) is 12.1 Å². The van der Waals surface area contributed by atoms with Crippen molar-refractivity contribution >= 4 is 23.3 Å². The Hall–Kier alpha value is -2.38. The molecule has 0 spiro atoms. The van der Waals surface area contributed by atoms with E-state index in [1.54, 1.807) is 0 Å². The van der Waals surface area contributed by atoms with Crippen molar-refractivity contribution in [2.24, 2.45) is 5.10 Å². The van der Waals surface area contributed by atoms with Crippen LogP contribution < -0.4 is 5.01 Å². The van der Waals surface area contributed by atoms with Crippen LogP contribution in [0.25, 0.3) is 0 Å². The molecule has 94 valence electrons. The van der Waals surface area contributed by atoms with Crippen LogP contribution in [0.2, 0.25) is 0 Å². The predicted octanol–water partition coefficient (Wildman–Crippen LogP) is 1.28. The number of carboxylic acids is 1. The lowest BCUT2D eigenvalue weighted by atomic mass is 10.2. The van der Waals surface area contributed by atoms with Gasteiger partial charge in [-0.2, -0.15) is 10.1 Å². The van der Waals surface area contributed by atoms with Gasteiger partial charge in [0.15, 0.2) is 23.2 Å². The molecule has 0 radical (unpaired) electrons. The van der Waals surface area contributed by atoms with Crippen molar-refractivity contribution in [1.29, 1.82) is 0 Å². The summed E-state index contributed by atoms with van der Waals surface area (Å²) in [4.78, 5) is 22.0. The summed E-state index contributed by atoms with van der Waals surface area (Å²) in [6.07, 6.45) is -0.490. The molecule has 1 aliphatic heterocycles. The van der Waals surface area contributed by atoms with Crippen molar-refractivity contribution in [3.05, 3.63) is 29.6 Å². The first kappa shape index (κ1) is 12.1. The molecule has 0 aliphatic carbocycles. The van der Waals surface area contributed by atoms with E-state index in [-0.39, 0.29) is 5.69 Å². The number of carboxylic acid groups (broad SMARTS) is 1. The fourth-order valence-corrected chi connectivity index (χ4v) is 1.41. The summed E-state index contributed by atoms with van der Waals surface area (Å²) in [5, 5.41) is 12.5. The number of hydrazone groups is 1. The van der Waals surface area contributed by atoms with Crippen LogP contribution >= 0.6 is 0 Å². The maximum absolute atomic E-state index is 13.0. The number of aliphatic carboxylic acids is 1. The normalized spacial score (nSPS) is 14.9. The van der Waals surface area contributed by atoms with Crippen LogP contribution in [-0.2, 0) is 9.59 Å². The highest BCUT2D eigenvalue weighted by Gasteiger charge is 2.30. The van der Waals surface area contributed by atoms with E-state index in [1.807, 2.05) is 0 Å². The molecule has 5 nitrogen and oxygen atoms in total. The van der Waals surface area contributed by atoms with E-state index < -0.39 is 41.5 Å². The van der Waals surface area contributed by atoms with Gasteiger partial charge < -0.3 is 5.11 Å². The Morgan fingerprint density at radius 1 is 1.28 bits per heavy atom. The van der Waals surface area contributed by atoms with E-state index in [4.69, 9.17) is 5.11 Å². The summed E-state index contributed by atoms with van der Waals surface area (Å²) in [7, 11) is 0. The molecule has 0 fully saturated rings. The zero-order valence-electron chi connectivity index (χ0n) is 8.65. The molecule has 0 atom stereocenters. The lowest BCUT2D eigenvalue weighted by molar-refractivity contribution is -0.129. The Kier molecular flexibility index (Phi) is 2.77. The molecule has 1 aromatic rings. The van der Waals surface area contributed by atoms with Crippen molar-refractivity contribution in [3.63, 3.8) is 0 Å². The Morgan fingerprint density at radius 2 is 1.83 bits per heavy atom. The topological polar surface area (TPSA) is 70.0 Å². The van der Waals surface area contributed by atoms with E-state index in [9.17, 15) is 22.8 Å². The Balaban J connectivity index is 2.44. The number of nitrogens with zero attached hydrogens (tertiary/aromatic N) is 2. The van der Waals surface area contributed by atoms with Gasteiger partial charge in [0.2, 0.25) is 0 Å². The summed E-state index contributed by atoms with van der Waals surface area (Å²) in [6.45, 7) is 0. The van der Waals surface area contributed by atoms with Gasteiger partial charge in [0.25, 0.3) is 5.91 Å². The number of benzene rings is 1. The van der Waals surface area contributed by atoms with Gasteiger partial charge in [0, 0.05) is 12.1 Å². The highest BCUT2D eigenvalue weighted by atomic mass is 19.2. The molecule has 8 heteroatoms. The number of amides is 1. The van der Waals surface area contributed by atoms with E-state index >= 15 is 0 Å². The first-order valence-electron chi connectivity index (χ1n) is 4.68. The number of carbonyl (C=O) groups excluding carboxylic acids is 1. The quantitative estimate of drug-likeness (QED) is 0.812. The molecule has 1 heterocycles. The molecular weight excluding hydrogens is 253 g/mol. The number of rotatable bonds is 2. The van der Waals surface area contributed by atoms with Gasteiger partial charge in [-0.15, -0.1) is 0 Å². The summed E-state index contributed by atoms with van der Waals surface area (Å²) in [5.41, 5.74) is -0.821. The average Bonchev–Trinajstić information content (AvgIpc) is 2.68. The number of halogens is 3. The smallest absolute Gasteiger partial charge is 0.352 e. The van der Waals surface area contributed by atoms with Crippen molar-refractivity contribution in [2.75, 3.05) is 5.01 Å². The number of hydrogen-bond acceptors (Lipinski definition) is 3. The van der Waals surface area contributed by atoms with Crippen LogP contribution in [0, 0.1) is 17.5 Å². The van der Waals surface area contributed by atoms with Crippen molar-refractivity contribution in [2.45, 2.75) is 6.42 Å². The molecule has 1 N–H and O–H groups in total. The zero-order valence-corrected chi connectivity index (χ0v) is 8.65. The molecule has 1 amide bonds. The first-order valence-corrected chi connectivity index (χ1v) is 4.68. The average molecular weight is 258 g/mol. The van der Waals surface area contributed by atoms with Crippen LogP contribution in [-0.4, -0.2) is 22.7 Å². The Morgan fingerprint density at radius 3 is 2.28 bits per heavy atom. The molecule has 0 saturated carbocycles. The zero-order chi connectivity index (χ0) is 13.4. The Bertz CT molecular complexity index is 563. The fraction of sp³-hybridized carbons (Fsp3) is 0.100. The van der Waals surface area contributed by atoms with Gasteiger partial charge in [-0.05, 0) is 0 Å². The van der Waals surface area contributed by atoms with Crippen molar-refractivity contribution in [1.82, 2.24) is 0 Å². The summed E-state index contributed by atoms with van der Waals surface area (Å²) >= 11 is 0. The second-order valence-electron chi connectivity index (χ2n) is 3.46. The SMILES string of the molecule is O=C(O)C1=NN(c2cc(F)c(F)c(F)c2)C(=O)C1. The second-order valence-corrected chi connectivity index (χ2v) is 3.46. The third-order valence-corrected chi connectivity index (χ3v) is 2.24. The van der Waals surface area contributed by atoms with E-state index in [0.717, 1.165) is 0 Å². The Labute approximate surface area is 98.1 Å².